The first kappa shape index (κ1) is 9.80. The summed E-state index contributed by atoms with van der Waals surface area (Å²) in [6, 6.07) is 8.15. The molecule has 0 radical (unpaired) electrons. The van der Waals surface area contributed by atoms with Gasteiger partial charge in [-0.1, -0.05) is 24.3 Å². The Labute approximate surface area is 89.0 Å². The van der Waals surface area contributed by atoms with Gasteiger partial charge in [0.05, 0.1) is 11.9 Å². The molecule has 3 heteroatoms. The molecule has 0 bridgehead atoms. The highest BCUT2D eigenvalue weighted by Crippen LogP contribution is 2.18. The number of aromatic nitrogens is 2. The number of nitrogens with two attached hydrogens (primary N) is 1. The first-order valence-corrected chi connectivity index (χ1v) is 4.89. The molecule has 2 aromatic rings. The predicted molar refractivity (Wildman–Crippen MR) is 60.1 cm³/mol. The van der Waals surface area contributed by atoms with E-state index in [2.05, 4.69) is 9.97 Å². The monoisotopic (exact) mass is 199 g/mol. The molecule has 0 amide bonds. The summed E-state index contributed by atoms with van der Waals surface area (Å²) in [7, 11) is 0. The van der Waals surface area contributed by atoms with Gasteiger partial charge in [-0.15, -0.1) is 0 Å². The Morgan fingerprint density at radius 2 is 1.87 bits per heavy atom. The molecule has 0 aliphatic heterocycles. The third-order valence-electron chi connectivity index (χ3n) is 2.30. The minimum atomic E-state index is 0.0703. The molecule has 0 spiro atoms. The molecule has 1 heterocycles. The molecule has 76 valence electrons. The van der Waals surface area contributed by atoms with E-state index in [9.17, 15) is 0 Å². The highest BCUT2D eigenvalue weighted by molar-refractivity contribution is 5.58. The van der Waals surface area contributed by atoms with Crippen LogP contribution in [-0.4, -0.2) is 9.97 Å². The molecule has 2 rings (SSSR count). The van der Waals surface area contributed by atoms with Gasteiger partial charge >= 0.3 is 0 Å². The number of hydrogen-bond donors (Lipinski definition) is 1. The summed E-state index contributed by atoms with van der Waals surface area (Å²) >= 11 is 0. The lowest BCUT2D eigenvalue weighted by Crippen LogP contribution is -2.04. The van der Waals surface area contributed by atoms with Crippen molar-refractivity contribution in [2.75, 3.05) is 0 Å². The molecule has 0 saturated heterocycles. The van der Waals surface area contributed by atoms with Gasteiger partial charge in [0, 0.05) is 24.0 Å². The Morgan fingerprint density at radius 1 is 1.13 bits per heavy atom. The summed E-state index contributed by atoms with van der Waals surface area (Å²) in [5.41, 5.74) is 8.85. The summed E-state index contributed by atoms with van der Waals surface area (Å²) in [5, 5.41) is 0. The number of nitrogens with zero attached hydrogens (tertiary/aromatic N) is 2. The van der Waals surface area contributed by atoms with E-state index in [1.54, 1.807) is 18.6 Å². The molecule has 15 heavy (non-hydrogen) atoms. The maximum absolute atomic E-state index is 5.77. The van der Waals surface area contributed by atoms with Crippen molar-refractivity contribution in [1.29, 1.82) is 0 Å². The number of benzene rings is 1. The van der Waals surface area contributed by atoms with Gasteiger partial charge < -0.3 is 5.73 Å². The van der Waals surface area contributed by atoms with Gasteiger partial charge in [0.25, 0.3) is 0 Å². The molecule has 1 atom stereocenters. The van der Waals surface area contributed by atoms with Gasteiger partial charge in [0.2, 0.25) is 0 Å². The van der Waals surface area contributed by atoms with Crippen molar-refractivity contribution in [3.63, 3.8) is 0 Å². The normalized spacial score (nSPS) is 12.4. The predicted octanol–water partition coefficient (Wildman–Crippen LogP) is 2.16. The second-order valence-electron chi connectivity index (χ2n) is 3.50. The second kappa shape index (κ2) is 4.19. The fourth-order valence-electron chi connectivity index (χ4n) is 1.41. The molecule has 1 unspecified atom stereocenters. The summed E-state index contributed by atoms with van der Waals surface area (Å²) in [4.78, 5) is 8.26. The fraction of sp³-hybridized carbons (Fsp3) is 0.167. The lowest BCUT2D eigenvalue weighted by Gasteiger charge is -2.06. The largest absolute Gasteiger partial charge is 0.324 e. The molecular formula is C12H13N3. The maximum Gasteiger partial charge on any atom is 0.0885 e. The van der Waals surface area contributed by atoms with Crippen LogP contribution in [0.5, 0.6) is 0 Å². The molecule has 0 aliphatic rings. The van der Waals surface area contributed by atoms with Gasteiger partial charge in [0.1, 0.15) is 0 Å². The molecule has 3 nitrogen and oxygen atoms in total. The Balaban J connectivity index is 2.32. The van der Waals surface area contributed by atoms with Gasteiger partial charge in [-0.3, -0.25) is 9.97 Å². The van der Waals surface area contributed by atoms with E-state index in [0.717, 1.165) is 16.8 Å². The Kier molecular flexibility index (Phi) is 2.74. The van der Waals surface area contributed by atoms with E-state index in [1.807, 2.05) is 31.2 Å². The zero-order valence-corrected chi connectivity index (χ0v) is 8.59. The summed E-state index contributed by atoms with van der Waals surface area (Å²) in [5.74, 6) is 0. The first-order chi connectivity index (χ1) is 7.27. The van der Waals surface area contributed by atoms with Crippen molar-refractivity contribution in [3.05, 3.63) is 48.4 Å². The highest BCUT2D eigenvalue weighted by atomic mass is 14.8. The van der Waals surface area contributed by atoms with E-state index in [-0.39, 0.29) is 6.04 Å². The van der Waals surface area contributed by atoms with Crippen molar-refractivity contribution in [2.24, 2.45) is 5.73 Å². The number of rotatable bonds is 2. The average molecular weight is 199 g/mol. The Hall–Kier alpha value is -1.74. The van der Waals surface area contributed by atoms with Gasteiger partial charge in [0.15, 0.2) is 0 Å². The third-order valence-corrected chi connectivity index (χ3v) is 2.30. The zero-order chi connectivity index (χ0) is 10.7. The van der Waals surface area contributed by atoms with Gasteiger partial charge in [-0.2, -0.15) is 0 Å². The minimum Gasteiger partial charge on any atom is -0.324 e. The van der Waals surface area contributed by atoms with Gasteiger partial charge in [-0.25, -0.2) is 0 Å². The SMILES string of the molecule is CC(N)c1ccc(-c2cnccn2)cc1. The van der Waals surface area contributed by atoms with E-state index >= 15 is 0 Å². The highest BCUT2D eigenvalue weighted by Gasteiger charge is 2.01. The third kappa shape index (κ3) is 2.19. The molecule has 2 N–H and O–H groups in total. The Morgan fingerprint density at radius 3 is 2.40 bits per heavy atom. The van der Waals surface area contributed by atoms with Crippen molar-refractivity contribution in [3.8, 4) is 11.3 Å². The minimum absolute atomic E-state index is 0.0703. The molecule has 0 fully saturated rings. The van der Waals surface area contributed by atoms with Crippen LogP contribution in [0.25, 0.3) is 11.3 Å². The first-order valence-electron chi connectivity index (χ1n) is 4.89. The van der Waals surface area contributed by atoms with Crippen LogP contribution in [0.3, 0.4) is 0 Å². The molecule has 1 aromatic carbocycles. The van der Waals surface area contributed by atoms with Crippen LogP contribution in [0, 0.1) is 0 Å². The maximum atomic E-state index is 5.77. The van der Waals surface area contributed by atoms with Crippen LogP contribution in [0.15, 0.2) is 42.9 Å². The molecule has 1 aromatic heterocycles. The summed E-state index contributed by atoms with van der Waals surface area (Å²) < 4.78 is 0. The second-order valence-corrected chi connectivity index (χ2v) is 3.50. The van der Waals surface area contributed by atoms with Crippen LogP contribution in [0.4, 0.5) is 0 Å². The molecular weight excluding hydrogens is 186 g/mol. The fourth-order valence-corrected chi connectivity index (χ4v) is 1.41. The summed E-state index contributed by atoms with van der Waals surface area (Å²) in [6.45, 7) is 1.97. The van der Waals surface area contributed by atoms with Crippen molar-refractivity contribution in [1.82, 2.24) is 9.97 Å². The number of hydrogen-bond acceptors (Lipinski definition) is 3. The van der Waals surface area contributed by atoms with Crippen molar-refractivity contribution < 1.29 is 0 Å². The van der Waals surface area contributed by atoms with Crippen LogP contribution >= 0.6 is 0 Å². The molecule has 0 saturated carbocycles. The van der Waals surface area contributed by atoms with Crippen LogP contribution in [0.2, 0.25) is 0 Å². The van der Waals surface area contributed by atoms with Crippen LogP contribution < -0.4 is 5.73 Å². The lowest BCUT2D eigenvalue weighted by atomic mass is 10.1. The zero-order valence-electron chi connectivity index (χ0n) is 8.59. The lowest BCUT2D eigenvalue weighted by molar-refractivity contribution is 0.818. The average Bonchev–Trinajstić information content (AvgIpc) is 2.30. The Bertz CT molecular complexity index is 420. The summed E-state index contributed by atoms with van der Waals surface area (Å²) in [6.07, 6.45) is 5.11. The van der Waals surface area contributed by atoms with E-state index < -0.39 is 0 Å². The van der Waals surface area contributed by atoms with E-state index in [0.29, 0.717) is 0 Å². The van der Waals surface area contributed by atoms with Crippen LogP contribution in [0.1, 0.15) is 18.5 Å². The smallest absolute Gasteiger partial charge is 0.0885 e. The van der Waals surface area contributed by atoms with Crippen molar-refractivity contribution in [2.45, 2.75) is 13.0 Å². The quantitative estimate of drug-likeness (QED) is 0.806. The van der Waals surface area contributed by atoms with E-state index in [1.165, 1.54) is 0 Å². The van der Waals surface area contributed by atoms with Gasteiger partial charge in [-0.05, 0) is 12.5 Å². The topological polar surface area (TPSA) is 51.8 Å². The van der Waals surface area contributed by atoms with Crippen molar-refractivity contribution >= 4 is 0 Å². The molecule has 0 aliphatic carbocycles. The standard InChI is InChI=1S/C12H13N3/c1-9(13)10-2-4-11(5-3-10)12-8-14-6-7-15-12/h2-9H,13H2,1H3. The van der Waals surface area contributed by atoms with E-state index in [4.69, 9.17) is 5.73 Å². The van der Waals surface area contributed by atoms with Crippen LogP contribution in [-0.2, 0) is 0 Å².